The predicted molar refractivity (Wildman–Crippen MR) is 596 cm³/mol. The Balaban J connectivity index is 0.000000140. The maximum Gasteiger partial charge on any atom is 0.137 e. The normalized spacial score (nSPS) is 12.3. The van der Waals surface area contributed by atoms with Crippen molar-refractivity contribution in [2.24, 2.45) is 17.8 Å². The molecule has 0 aliphatic heterocycles. The molecule has 7 nitrogen and oxygen atoms in total. The lowest BCUT2D eigenvalue weighted by atomic mass is 9.81. The first-order valence-electron chi connectivity index (χ1n) is 49.1. The van der Waals surface area contributed by atoms with Gasteiger partial charge in [0.15, 0.2) is 0 Å². The molecule has 137 heavy (non-hydrogen) atoms. The van der Waals surface area contributed by atoms with Gasteiger partial charge in [-0.15, -0.1) is 0 Å². The number of nitrogens with zero attached hydrogens (tertiary/aromatic N) is 3. The van der Waals surface area contributed by atoms with E-state index < -0.39 is 0 Å². The minimum Gasteiger partial charge on any atom is -0.456 e. The van der Waals surface area contributed by atoms with Gasteiger partial charge in [-0.1, -0.05) is 347 Å². The number of fused-ring (bicyclic) bond motifs is 14. The third-order valence-corrected chi connectivity index (χ3v) is 24.6. The summed E-state index contributed by atoms with van der Waals surface area (Å²) in [7, 11) is 0. The van der Waals surface area contributed by atoms with Gasteiger partial charge in [-0.25, -0.2) is 4.39 Å². The van der Waals surface area contributed by atoms with E-state index in [9.17, 15) is 4.39 Å². The molecule has 0 amide bonds. The molecule has 3 heterocycles. The summed E-state index contributed by atoms with van der Waals surface area (Å²) in [6.45, 7) is 58.1. The highest BCUT2D eigenvalue weighted by Gasteiger charge is 2.38. The van der Waals surface area contributed by atoms with Crippen LogP contribution in [0.4, 0.5) is 49.9 Å². The number of hydrogen-bond acceptors (Lipinski definition) is 5. The highest BCUT2D eigenvalue weighted by atomic mass is 19.1. The summed E-state index contributed by atoms with van der Waals surface area (Å²) in [4.78, 5) is 2.48. The van der Waals surface area contributed by atoms with Crippen molar-refractivity contribution in [2.45, 2.75) is 213 Å². The van der Waals surface area contributed by atoms with Crippen molar-refractivity contribution in [3.05, 3.63) is 397 Å². The van der Waals surface area contributed by atoms with E-state index in [2.05, 4.69) is 525 Å². The molecule has 3 N–H and O–H groups in total. The smallest absolute Gasteiger partial charge is 0.137 e. The topological polar surface area (TPSA) is 62.3 Å². The van der Waals surface area contributed by atoms with Gasteiger partial charge in [0, 0.05) is 106 Å². The number of para-hydroxylation sites is 4. The minimum absolute atomic E-state index is 0.0373. The summed E-state index contributed by atoms with van der Waals surface area (Å²) in [5.41, 5.74) is 31.5. The lowest BCUT2D eigenvalue weighted by Crippen LogP contribution is -2.37. The number of halogens is 1. The Morgan fingerprint density at radius 1 is 0.285 bits per heavy atom. The van der Waals surface area contributed by atoms with E-state index in [1.54, 1.807) is 12.1 Å². The molecule has 0 saturated carbocycles. The molecule has 702 valence electrons. The van der Waals surface area contributed by atoms with Crippen LogP contribution in [-0.4, -0.2) is 14.7 Å². The molecule has 1 aliphatic carbocycles. The Kier molecular flexibility index (Phi) is 30.1. The summed E-state index contributed by atoms with van der Waals surface area (Å²) in [6.07, 6.45) is 0. The molecule has 0 radical (unpaired) electrons. The first kappa shape index (κ1) is 99.3. The summed E-state index contributed by atoms with van der Waals surface area (Å²) in [6, 6.07) is 126. The average molecular weight is 1810 g/mol. The Morgan fingerprint density at radius 2 is 0.635 bits per heavy atom. The van der Waals surface area contributed by atoms with E-state index in [4.69, 9.17) is 4.42 Å². The van der Waals surface area contributed by atoms with Crippen LogP contribution in [0.25, 0.3) is 110 Å². The third-order valence-electron chi connectivity index (χ3n) is 24.6. The zero-order chi connectivity index (χ0) is 98.2. The quantitative estimate of drug-likeness (QED) is 0.120. The summed E-state index contributed by atoms with van der Waals surface area (Å²) < 4.78 is 23.9. The summed E-state index contributed by atoms with van der Waals surface area (Å²) in [5.74, 6) is 2.27. The summed E-state index contributed by atoms with van der Waals surface area (Å²) >= 11 is 0. The highest BCUT2D eigenvalue weighted by molar-refractivity contribution is 6.12. The SMILES string of the molecule is CC(C)(C)c1ccc(-c2ccc(Nc3ccc4c(c3)oc3ccccc34)cc2)cc1.CC(C)(C)c1ccc(-n2c3ccccc3c3cc(Nc4ccc(F)cc4)ccc32)cc1.CC(C)(C)c1ccc(N(c2ccc3c(c2)C(C)(C)c2ccc4ccccc4c2-3)C(C)(C)C)cc1.CC(C)(C)c1ccc(Nc2ccc3c(c2)c2ccccc2n3-c2ccccc2)cc1.CC(C)C.CC(C)C.CC(C)C. The van der Waals surface area contributed by atoms with E-state index >= 15 is 0 Å². The molecule has 0 unspecified atom stereocenters. The van der Waals surface area contributed by atoms with E-state index in [1.807, 2.05) is 18.2 Å². The monoisotopic (exact) mass is 1810 g/mol. The number of rotatable bonds is 11. The molecule has 0 bridgehead atoms. The van der Waals surface area contributed by atoms with Gasteiger partial charge in [-0.3, -0.25) is 0 Å². The molecule has 1 aliphatic rings. The van der Waals surface area contributed by atoms with Gasteiger partial charge in [0.25, 0.3) is 0 Å². The standard InChI is InChI=1S/C33H37N.C28H25FN2.C28H26N2.C28H25NO.3C4H10/c1-31(2,3)23-14-16-24(17-15-23)34(32(4,5)6)25-18-19-27-29(21-25)33(7,8)28-20-13-22-11-9-10-12-26(22)30(27)28;1-28(2,3)19-8-15-23(16-9-19)31-26-7-5-4-6-24(26)25-18-22(14-17-27(25)31)30-21-12-10-20(29)11-13-21;1-28(2,3)20-13-15-21(16-14-20)29-22-17-18-27-25(19-22)24-11-7-8-12-26(24)30(27)23-9-5-4-6-10-23;1-28(2,3)21-12-8-19(9-13-21)20-10-14-22(15-11-20)29-23-16-17-25-24-6-4-5-7-26(24)30-27(25)18-23;3*1-4(2)3/h9-21H,1-8H3;4-18,30H,1-3H3;4-19,29H,1-3H3;4-18,29H,1-3H3;3*4H,1-3H3. The highest BCUT2D eigenvalue weighted by Crippen LogP contribution is 2.53. The molecule has 0 spiro atoms. The second-order valence-electron chi connectivity index (χ2n) is 44.3. The predicted octanol–water partition coefficient (Wildman–Crippen LogP) is 38.4. The Morgan fingerprint density at radius 3 is 1.11 bits per heavy atom. The van der Waals surface area contributed by atoms with Crippen molar-refractivity contribution in [1.82, 2.24) is 9.13 Å². The van der Waals surface area contributed by atoms with E-state index in [1.165, 1.54) is 134 Å². The zero-order valence-electron chi connectivity index (χ0n) is 85.9. The van der Waals surface area contributed by atoms with Gasteiger partial charge >= 0.3 is 0 Å². The fraction of sp³-hybridized carbons (Fsp3) is 0.271. The molecule has 3 aromatic heterocycles. The maximum absolute atomic E-state index is 13.2. The van der Waals surface area contributed by atoms with Crippen LogP contribution in [0.2, 0.25) is 0 Å². The third kappa shape index (κ3) is 23.7. The first-order valence-corrected chi connectivity index (χ1v) is 49.1. The van der Waals surface area contributed by atoms with Crippen LogP contribution in [0, 0.1) is 23.6 Å². The largest absolute Gasteiger partial charge is 0.456 e. The fourth-order valence-electron chi connectivity index (χ4n) is 17.8. The van der Waals surface area contributed by atoms with E-state index in [0.29, 0.717) is 0 Å². The molecule has 20 rings (SSSR count). The molecular formula is C129H143FN6O. The van der Waals surface area contributed by atoms with Gasteiger partial charge in [-0.2, -0.15) is 0 Å². The number of hydrogen-bond donors (Lipinski definition) is 3. The van der Waals surface area contributed by atoms with Crippen molar-refractivity contribution in [1.29, 1.82) is 0 Å². The zero-order valence-corrected chi connectivity index (χ0v) is 85.9. The Hall–Kier alpha value is -13.7. The lowest BCUT2D eigenvalue weighted by Gasteiger charge is -2.39. The molecule has 0 atom stereocenters. The van der Waals surface area contributed by atoms with E-state index in [0.717, 1.165) is 85.0 Å². The second kappa shape index (κ2) is 41.5. The van der Waals surface area contributed by atoms with E-state index in [-0.39, 0.29) is 38.4 Å². The number of furan rings is 1. The molecule has 0 saturated heterocycles. The molecule has 16 aromatic carbocycles. The maximum atomic E-state index is 13.2. The van der Waals surface area contributed by atoms with Crippen molar-refractivity contribution >= 4 is 122 Å². The van der Waals surface area contributed by atoms with Crippen LogP contribution in [0.1, 0.15) is 213 Å². The van der Waals surface area contributed by atoms with Crippen molar-refractivity contribution < 1.29 is 8.81 Å². The van der Waals surface area contributed by atoms with Gasteiger partial charge < -0.3 is 34.4 Å². The fourth-order valence-corrected chi connectivity index (χ4v) is 17.8. The van der Waals surface area contributed by atoms with Crippen LogP contribution >= 0.6 is 0 Å². The second-order valence-corrected chi connectivity index (χ2v) is 44.3. The van der Waals surface area contributed by atoms with Crippen LogP contribution in [0.3, 0.4) is 0 Å². The number of nitrogens with one attached hydrogen (secondary N) is 3. The van der Waals surface area contributed by atoms with Crippen molar-refractivity contribution in [3.8, 4) is 33.6 Å². The minimum atomic E-state index is -0.235. The van der Waals surface area contributed by atoms with Gasteiger partial charge in [0.05, 0.1) is 22.1 Å². The van der Waals surface area contributed by atoms with Crippen LogP contribution in [0.15, 0.2) is 362 Å². The number of aromatic nitrogens is 2. The molecular weight excluding hydrogens is 1670 g/mol. The van der Waals surface area contributed by atoms with Gasteiger partial charge in [0.2, 0.25) is 0 Å². The first-order chi connectivity index (χ1) is 65.0. The van der Waals surface area contributed by atoms with Crippen molar-refractivity contribution in [2.75, 3.05) is 20.9 Å². The van der Waals surface area contributed by atoms with Gasteiger partial charge in [-0.05, 0) is 290 Å². The number of benzene rings is 16. The van der Waals surface area contributed by atoms with Gasteiger partial charge in [0.1, 0.15) is 17.0 Å². The van der Waals surface area contributed by atoms with Crippen LogP contribution in [0.5, 0.6) is 0 Å². The van der Waals surface area contributed by atoms with Crippen molar-refractivity contribution in [3.63, 3.8) is 0 Å². The summed E-state index contributed by atoms with van der Waals surface area (Å²) in [5, 5.41) is 20.3. The average Bonchev–Trinajstić information content (AvgIpc) is 1.56. The molecule has 0 fully saturated rings. The molecule has 8 heteroatoms. The number of anilines is 8. The lowest BCUT2D eigenvalue weighted by molar-refractivity contribution is 0.558. The Bertz CT molecular complexity index is 7270. The molecule has 19 aromatic rings. The van der Waals surface area contributed by atoms with Crippen LogP contribution < -0.4 is 20.9 Å². The Labute approximate surface area is 816 Å². The van der Waals surface area contributed by atoms with Crippen LogP contribution in [-0.2, 0) is 27.1 Å².